The van der Waals surface area contributed by atoms with Gasteiger partial charge in [0.25, 0.3) is 0 Å². The molecule has 0 aromatic carbocycles. The second kappa shape index (κ2) is 6.23. The average Bonchev–Trinajstić information content (AvgIpc) is 2.00. The number of amides is 1. The Morgan fingerprint density at radius 3 is 2.47 bits per heavy atom. The first-order chi connectivity index (χ1) is 6.72. The molecule has 15 heavy (non-hydrogen) atoms. The number of hydrogen-bond donors (Lipinski definition) is 2. The van der Waals surface area contributed by atoms with Crippen LogP contribution in [0.5, 0.6) is 0 Å². The van der Waals surface area contributed by atoms with E-state index in [1.165, 1.54) is 0 Å². The summed E-state index contributed by atoms with van der Waals surface area (Å²) in [4.78, 5) is 11.3. The van der Waals surface area contributed by atoms with Crippen LogP contribution in [0.1, 0.15) is 33.6 Å². The maximum Gasteiger partial charge on any atom is 0.221 e. The molecular formula is C10H22N2O2S. The summed E-state index contributed by atoms with van der Waals surface area (Å²) in [6.45, 7) is 6.11. The first kappa shape index (κ1) is 14.6. The van der Waals surface area contributed by atoms with Crippen LogP contribution >= 0.6 is 0 Å². The SMILES string of the molecule is CC(CCNC(=O)CC(C)(C)N)S(C)=O. The van der Waals surface area contributed by atoms with Gasteiger partial charge in [0.15, 0.2) is 0 Å². The van der Waals surface area contributed by atoms with Gasteiger partial charge in [0.05, 0.1) is 0 Å². The molecule has 1 amide bonds. The molecule has 0 radical (unpaired) electrons. The lowest BCUT2D eigenvalue weighted by Crippen LogP contribution is -2.39. The van der Waals surface area contributed by atoms with Gasteiger partial charge in [-0.2, -0.15) is 0 Å². The minimum absolute atomic E-state index is 0.0448. The molecule has 0 rings (SSSR count). The van der Waals surface area contributed by atoms with E-state index in [1.807, 2.05) is 20.8 Å². The van der Waals surface area contributed by atoms with Crippen molar-refractivity contribution >= 4 is 16.7 Å². The van der Waals surface area contributed by atoms with Gasteiger partial charge in [-0.3, -0.25) is 9.00 Å². The van der Waals surface area contributed by atoms with E-state index in [0.29, 0.717) is 13.0 Å². The van der Waals surface area contributed by atoms with Crippen LogP contribution in [0, 0.1) is 0 Å². The highest BCUT2D eigenvalue weighted by molar-refractivity contribution is 7.84. The number of nitrogens with one attached hydrogen (secondary N) is 1. The molecule has 5 heteroatoms. The van der Waals surface area contributed by atoms with E-state index >= 15 is 0 Å². The van der Waals surface area contributed by atoms with E-state index in [-0.39, 0.29) is 11.2 Å². The van der Waals surface area contributed by atoms with Crippen molar-refractivity contribution < 1.29 is 9.00 Å². The zero-order valence-electron chi connectivity index (χ0n) is 10.0. The minimum Gasteiger partial charge on any atom is -0.356 e. The normalized spacial score (nSPS) is 15.8. The lowest BCUT2D eigenvalue weighted by atomic mass is 10.0. The molecular weight excluding hydrogens is 212 g/mol. The molecule has 0 aliphatic rings. The predicted molar refractivity (Wildman–Crippen MR) is 64.0 cm³/mol. The van der Waals surface area contributed by atoms with Crippen LogP contribution in [-0.4, -0.2) is 33.7 Å². The molecule has 0 saturated carbocycles. The summed E-state index contributed by atoms with van der Waals surface area (Å²) in [7, 11) is -0.820. The van der Waals surface area contributed by atoms with E-state index in [4.69, 9.17) is 5.73 Å². The molecule has 0 aliphatic heterocycles. The van der Waals surface area contributed by atoms with E-state index in [0.717, 1.165) is 6.42 Å². The largest absolute Gasteiger partial charge is 0.356 e. The summed E-state index contributed by atoms with van der Waals surface area (Å²) in [5, 5.41) is 2.89. The number of nitrogens with two attached hydrogens (primary N) is 1. The third-order valence-corrected chi connectivity index (χ3v) is 3.42. The van der Waals surface area contributed by atoms with Crippen molar-refractivity contribution in [3.63, 3.8) is 0 Å². The van der Waals surface area contributed by atoms with Crippen LogP contribution in [0.25, 0.3) is 0 Å². The first-order valence-corrected chi connectivity index (χ1v) is 6.72. The Labute approximate surface area is 94.4 Å². The highest BCUT2D eigenvalue weighted by Gasteiger charge is 2.16. The lowest BCUT2D eigenvalue weighted by molar-refractivity contribution is -0.122. The Morgan fingerprint density at radius 1 is 1.53 bits per heavy atom. The first-order valence-electron chi connectivity index (χ1n) is 5.10. The maximum atomic E-state index is 11.3. The van der Waals surface area contributed by atoms with Gasteiger partial charge < -0.3 is 11.1 Å². The second-order valence-corrected chi connectivity index (χ2v) is 6.42. The number of carbonyl (C=O) groups excluding carboxylic acids is 1. The number of carbonyl (C=O) groups is 1. The van der Waals surface area contributed by atoms with Crippen molar-refractivity contribution in [1.82, 2.24) is 5.32 Å². The molecule has 3 N–H and O–H groups in total. The Hall–Kier alpha value is -0.420. The zero-order chi connectivity index (χ0) is 12.1. The van der Waals surface area contributed by atoms with Crippen molar-refractivity contribution in [3.8, 4) is 0 Å². The monoisotopic (exact) mass is 234 g/mol. The number of rotatable bonds is 6. The summed E-state index contributed by atoms with van der Waals surface area (Å²) >= 11 is 0. The summed E-state index contributed by atoms with van der Waals surface area (Å²) in [5.41, 5.74) is 5.24. The summed E-state index contributed by atoms with van der Waals surface area (Å²) in [5.74, 6) is -0.0448. The van der Waals surface area contributed by atoms with Gasteiger partial charge in [-0.05, 0) is 20.3 Å². The van der Waals surface area contributed by atoms with Crippen LogP contribution in [0.3, 0.4) is 0 Å². The van der Waals surface area contributed by atoms with E-state index in [9.17, 15) is 9.00 Å². The Morgan fingerprint density at radius 2 is 2.07 bits per heavy atom. The smallest absolute Gasteiger partial charge is 0.221 e. The molecule has 90 valence electrons. The second-order valence-electron chi connectivity index (χ2n) is 4.61. The minimum atomic E-state index is -0.820. The van der Waals surface area contributed by atoms with Gasteiger partial charge in [0.1, 0.15) is 0 Å². The molecule has 0 heterocycles. The van der Waals surface area contributed by atoms with Crippen molar-refractivity contribution in [2.24, 2.45) is 5.73 Å². The third-order valence-electron chi connectivity index (χ3n) is 2.06. The fraction of sp³-hybridized carbons (Fsp3) is 0.900. The standard InChI is InChI=1S/C10H22N2O2S/c1-8(15(4)14)5-6-12-9(13)7-10(2,3)11/h8H,5-7,11H2,1-4H3,(H,12,13). The summed E-state index contributed by atoms with van der Waals surface area (Å²) in [6.07, 6.45) is 2.73. The van der Waals surface area contributed by atoms with E-state index in [1.54, 1.807) is 6.26 Å². The van der Waals surface area contributed by atoms with E-state index in [2.05, 4.69) is 5.32 Å². The molecule has 0 aliphatic carbocycles. The van der Waals surface area contributed by atoms with Gasteiger partial charge in [0.2, 0.25) is 5.91 Å². The fourth-order valence-corrected chi connectivity index (χ4v) is 1.51. The Bertz CT molecular complexity index is 236. The molecule has 0 aromatic rings. The van der Waals surface area contributed by atoms with Gasteiger partial charge in [-0.15, -0.1) is 0 Å². The van der Waals surface area contributed by atoms with Crippen molar-refractivity contribution in [1.29, 1.82) is 0 Å². The van der Waals surface area contributed by atoms with Crippen LogP contribution in [0.15, 0.2) is 0 Å². The third kappa shape index (κ3) is 8.57. The van der Waals surface area contributed by atoms with Crippen molar-refractivity contribution in [2.75, 3.05) is 12.8 Å². The Kier molecular flexibility index (Phi) is 6.05. The molecule has 0 aromatic heterocycles. The maximum absolute atomic E-state index is 11.3. The molecule has 0 fully saturated rings. The molecule has 0 spiro atoms. The van der Waals surface area contributed by atoms with E-state index < -0.39 is 16.3 Å². The van der Waals surface area contributed by atoms with Crippen LogP contribution < -0.4 is 11.1 Å². The Balaban J connectivity index is 3.69. The van der Waals surface area contributed by atoms with Crippen LogP contribution in [0.4, 0.5) is 0 Å². The molecule has 2 atom stereocenters. The molecule has 0 saturated heterocycles. The van der Waals surface area contributed by atoms with Gasteiger partial charge in [-0.25, -0.2) is 0 Å². The fourth-order valence-electron chi connectivity index (χ4n) is 1.06. The molecule has 4 nitrogen and oxygen atoms in total. The topological polar surface area (TPSA) is 72.2 Å². The van der Waals surface area contributed by atoms with Gasteiger partial charge in [0, 0.05) is 40.8 Å². The highest BCUT2D eigenvalue weighted by Crippen LogP contribution is 2.03. The van der Waals surface area contributed by atoms with Crippen LogP contribution in [0.2, 0.25) is 0 Å². The quantitative estimate of drug-likeness (QED) is 0.698. The van der Waals surface area contributed by atoms with Gasteiger partial charge >= 0.3 is 0 Å². The zero-order valence-corrected chi connectivity index (χ0v) is 10.8. The molecule has 2 unspecified atom stereocenters. The molecule has 0 bridgehead atoms. The van der Waals surface area contributed by atoms with Crippen molar-refractivity contribution in [3.05, 3.63) is 0 Å². The summed E-state index contributed by atoms with van der Waals surface area (Å²) in [6, 6.07) is 0. The highest BCUT2D eigenvalue weighted by atomic mass is 32.2. The average molecular weight is 234 g/mol. The number of hydrogen-bond acceptors (Lipinski definition) is 3. The van der Waals surface area contributed by atoms with Gasteiger partial charge in [-0.1, -0.05) is 6.92 Å². The predicted octanol–water partition coefficient (Wildman–Crippen LogP) is 0.387. The summed E-state index contributed by atoms with van der Waals surface area (Å²) < 4.78 is 11.0. The lowest BCUT2D eigenvalue weighted by Gasteiger charge is -2.17. The van der Waals surface area contributed by atoms with Crippen molar-refractivity contribution in [2.45, 2.75) is 44.4 Å². The van der Waals surface area contributed by atoms with Crippen LogP contribution in [-0.2, 0) is 15.6 Å².